The van der Waals surface area contributed by atoms with E-state index in [9.17, 15) is 9.59 Å². The van der Waals surface area contributed by atoms with Crippen molar-refractivity contribution in [1.29, 1.82) is 0 Å². The van der Waals surface area contributed by atoms with Gasteiger partial charge in [0.2, 0.25) is 0 Å². The van der Waals surface area contributed by atoms with Crippen molar-refractivity contribution >= 4 is 11.6 Å². The third kappa shape index (κ3) is 7.42. The van der Waals surface area contributed by atoms with Gasteiger partial charge in [0.1, 0.15) is 0 Å². The van der Waals surface area contributed by atoms with Gasteiger partial charge in [-0.2, -0.15) is 0 Å². The minimum absolute atomic E-state index is 0.00593. The molecule has 0 spiro atoms. The van der Waals surface area contributed by atoms with Crippen molar-refractivity contribution in [2.45, 2.75) is 158 Å². The summed E-state index contributed by atoms with van der Waals surface area (Å²) in [6.07, 6.45) is 11.3. The third-order valence-corrected chi connectivity index (χ3v) is 13.2. The summed E-state index contributed by atoms with van der Waals surface area (Å²) in [6, 6.07) is 12.2. The van der Waals surface area contributed by atoms with E-state index in [2.05, 4.69) is 95.2 Å². The molecule has 0 heterocycles. The molecule has 4 atom stereocenters. The lowest BCUT2D eigenvalue weighted by Crippen LogP contribution is -2.27. The maximum atomic E-state index is 13.9. The number of rotatable bonds is 16. The molecule has 2 nitrogen and oxygen atoms in total. The first-order chi connectivity index (χ1) is 20.5. The van der Waals surface area contributed by atoms with Crippen LogP contribution in [-0.4, -0.2) is 11.6 Å². The molecule has 44 heavy (non-hydrogen) atoms. The lowest BCUT2D eigenvalue weighted by atomic mass is 9.70. The Morgan fingerprint density at radius 1 is 0.523 bits per heavy atom. The number of hydrogen-bond donors (Lipinski definition) is 0. The van der Waals surface area contributed by atoms with Gasteiger partial charge in [-0.3, -0.25) is 9.59 Å². The Kier molecular flexibility index (Phi) is 11.6. The van der Waals surface area contributed by atoms with Gasteiger partial charge < -0.3 is 0 Å². The van der Waals surface area contributed by atoms with Crippen LogP contribution in [-0.2, 0) is 10.8 Å². The molecule has 0 aliphatic heterocycles. The second kappa shape index (κ2) is 14.0. The summed E-state index contributed by atoms with van der Waals surface area (Å²) in [5.41, 5.74) is 5.32. The van der Waals surface area contributed by atoms with Crippen molar-refractivity contribution in [1.82, 2.24) is 0 Å². The zero-order valence-electron chi connectivity index (χ0n) is 30.5. The molecule has 0 N–H and O–H groups in total. The van der Waals surface area contributed by atoms with Gasteiger partial charge in [0.25, 0.3) is 0 Å². The molecular weight excluding hydrogens is 536 g/mol. The molecule has 0 aromatic heterocycles. The summed E-state index contributed by atoms with van der Waals surface area (Å²) in [5, 5.41) is 0. The average Bonchev–Trinajstić information content (AvgIpc) is 3.02. The number of carbonyl (C=O) groups is 2. The summed E-state index contributed by atoms with van der Waals surface area (Å²) in [4.78, 5) is 27.8. The molecule has 0 bridgehead atoms. The Labute approximate surface area is 271 Å². The van der Waals surface area contributed by atoms with E-state index in [0.717, 1.165) is 38.5 Å². The van der Waals surface area contributed by atoms with Crippen LogP contribution in [0.25, 0.3) is 0 Å². The first-order valence-electron chi connectivity index (χ1n) is 17.9. The van der Waals surface area contributed by atoms with Gasteiger partial charge in [0.15, 0.2) is 11.6 Å². The predicted octanol–water partition coefficient (Wildman–Crippen LogP) is 12.3. The highest BCUT2D eigenvalue weighted by Crippen LogP contribution is 2.41. The first kappa shape index (κ1) is 36.3. The summed E-state index contributed by atoms with van der Waals surface area (Å²) >= 11 is 0. The van der Waals surface area contributed by atoms with Crippen LogP contribution in [0.5, 0.6) is 0 Å². The normalized spacial score (nSPS) is 17.8. The molecule has 2 aromatic rings. The SMILES string of the molecule is CCC(C)(CCCC(C)C(C)(C)CC)c1ccc2c(c1)C(=O)c1ccc(C(C)(CC)CCCC(C)C(C)(C)CC)cc1C2=O. The molecule has 2 heteroatoms. The summed E-state index contributed by atoms with van der Waals surface area (Å²) in [7, 11) is 0. The highest BCUT2D eigenvalue weighted by molar-refractivity contribution is 6.28. The largest absolute Gasteiger partial charge is 0.289 e. The van der Waals surface area contributed by atoms with E-state index >= 15 is 0 Å². The lowest BCUT2D eigenvalue weighted by molar-refractivity contribution is 0.0978. The Hall–Kier alpha value is -2.22. The highest BCUT2D eigenvalue weighted by Gasteiger charge is 2.35. The maximum Gasteiger partial charge on any atom is 0.194 e. The van der Waals surface area contributed by atoms with Crippen LogP contribution in [0.1, 0.15) is 190 Å². The molecule has 1 aliphatic carbocycles. The van der Waals surface area contributed by atoms with E-state index in [4.69, 9.17) is 0 Å². The van der Waals surface area contributed by atoms with Crippen molar-refractivity contribution < 1.29 is 9.59 Å². The van der Waals surface area contributed by atoms with E-state index < -0.39 is 0 Å². The monoisotopic (exact) mass is 600 g/mol. The van der Waals surface area contributed by atoms with Crippen LogP contribution < -0.4 is 0 Å². The van der Waals surface area contributed by atoms with Crippen molar-refractivity contribution in [3.63, 3.8) is 0 Å². The fourth-order valence-electron chi connectivity index (χ4n) is 7.03. The molecule has 0 saturated carbocycles. The van der Waals surface area contributed by atoms with E-state index in [1.807, 2.05) is 24.3 Å². The summed E-state index contributed by atoms with van der Waals surface area (Å²) < 4.78 is 0. The van der Waals surface area contributed by atoms with Crippen LogP contribution >= 0.6 is 0 Å². The first-order valence-corrected chi connectivity index (χ1v) is 17.9. The zero-order chi connectivity index (χ0) is 33.1. The average molecular weight is 601 g/mol. The quantitative estimate of drug-likeness (QED) is 0.164. The van der Waals surface area contributed by atoms with Crippen LogP contribution in [0.15, 0.2) is 36.4 Å². The van der Waals surface area contributed by atoms with Crippen LogP contribution in [0.4, 0.5) is 0 Å². The molecule has 0 amide bonds. The Bertz CT molecular complexity index is 1210. The van der Waals surface area contributed by atoms with Gasteiger partial charge in [-0.1, -0.05) is 134 Å². The Morgan fingerprint density at radius 3 is 1.16 bits per heavy atom. The summed E-state index contributed by atoms with van der Waals surface area (Å²) in [5.74, 6) is 1.33. The molecule has 0 radical (unpaired) electrons. The molecule has 1 aliphatic rings. The van der Waals surface area contributed by atoms with Gasteiger partial charge in [-0.25, -0.2) is 0 Å². The van der Waals surface area contributed by atoms with Crippen LogP contribution in [0, 0.1) is 22.7 Å². The number of hydrogen-bond acceptors (Lipinski definition) is 2. The minimum Gasteiger partial charge on any atom is -0.289 e. The molecule has 4 unspecified atom stereocenters. The number of carbonyl (C=O) groups excluding carboxylic acids is 2. The van der Waals surface area contributed by atoms with E-state index in [0.29, 0.717) is 44.9 Å². The topological polar surface area (TPSA) is 34.1 Å². The molecule has 0 fully saturated rings. The molecule has 3 rings (SSSR count). The second-order valence-corrected chi connectivity index (χ2v) is 16.3. The van der Waals surface area contributed by atoms with E-state index in [-0.39, 0.29) is 22.4 Å². The van der Waals surface area contributed by atoms with Crippen LogP contribution in [0.3, 0.4) is 0 Å². The molecular formula is C42H64O2. The van der Waals surface area contributed by atoms with Crippen molar-refractivity contribution in [2.75, 3.05) is 0 Å². The Balaban J connectivity index is 1.83. The van der Waals surface area contributed by atoms with Gasteiger partial charge in [0.05, 0.1) is 0 Å². The summed E-state index contributed by atoms with van der Waals surface area (Å²) in [6.45, 7) is 28.0. The van der Waals surface area contributed by atoms with Gasteiger partial charge in [0, 0.05) is 22.3 Å². The fraction of sp³-hybridized carbons (Fsp3) is 0.667. The number of ketones is 2. The minimum atomic E-state index is -0.0225. The number of benzene rings is 2. The molecule has 0 saturated heterocycles. The standard InChI is InChI=1S/C42H64O2/c1-13-39(7,8)29(5)19-17-25-41(11,15-3)31-21-23-33-35(27-31)37(43)34-24-22-32(28-36(34)38(33)44)42(12,16-4)26-18-20-30(6)40(9,10)14-2/h21-24,27-30H,13-20,25-26H2,1-12H3. The Morgan fingerprint density at radius 2 is 0.864 bits per heavy atom. The van der Waals surface area contributed by atoms with Crippen molar-refractivity contribution in [3.8, 4) is 0 Å². The molecule has 244 valence electrons. The molecule has 2 aromatic carbocycles. The highest BCUT2D eigenvalue weighted by atomic mass is 16.1. The fourth-order valence-corrected chi connectivity index (χ4v) is 7.03. The second-order valence-electron chi connectivity index (χ2n) is 16.3. The smallest absolute Gasteiger partial charge is 0.194 e. The predicted molar refractivity (Wildman–Crippen MR) is 189 cm³/mol. The van der Waals surface area contributed by atoms with Gasteiger partial charge >= 0.3 is 0 Å². The van der Waals surface area contributed by atoms with Crippen molar-refractivity contribution in [2.24, 2.45) is 22.7 Å². The van der Waals surface area contributed by atoms with Crippen molar-refractivity contribution in [3.05, 3.63) is 69.8 Å². The third-order valence-electron chi connectivity index (χ3n) is 13.2. The van der Waals surface area contributed by atoms with E-state index in [1.165, 1.54) is 36.8 Å². The van der Waals surface area contributed by atoms with Gasteiger partial charge in [-0.05, 0) is 94.6 Å². The van der Waals surface area contributed by atoms with E-state index in [1.54, 1.807) is 0 Å². The lowest BCUT2D eigenvalue weighted by Gasteiger charge is -2.34. The number of fused-ring (bicyclic) bond motifs is 2. The zero-order valence-corrected chi connectivity index (χ0v) is 30.5. The van der Waals surface area contributed by atoms with Crippen LogP contribution in [0.2, 0.25) is 0 Å². The van der Waals surface area contributed by atoms with Gasteiger partial charge in [-0.15, -0.1) is 0 Å². The maximum absolute atomic E-state index is 13.9.